The molecule has 0 saturated heterocycles. The fourth-order valence-corrected chi connectivity index (χ4v) is 1.71. The van der Waals surface area contributed by atoms with Crippen LogP contribution in [0, 0.1) is 12.8 Å². The number of nitrogens with two attached hydrogens (primary N) is 1. The zero-order valence-corrected chi connectivity index (χ0v) is 14.4. The molecule has 6 heteroatoms. The predicted molar refractivity (Wildman–Crippen MR) is 92.5 cm³/mol. The molecule has 5 nitrogen and oxygen atoms in total. The number of carbonyl (C=O) groups is 2. The Morgan fingerprint density at radius 3 is 2.45 bits per heavy atom. The van der Waals surface area contributed by atoms with Crippen molar-refractivity contribution in [2.45, 2.75) is 40.2 Å². The number of aryl methyl sites for hydroxylation is 1. The van der Waals surface area contributed by atoms with Gasteiger partial charge in [0.2, 0.25) is 5.91 Å². The minimum Gasteiger partial charge on any atom is -0.352 e. The molecule has 0 bridgehead atoms. The molecule has 1 aromatic carbocycles. The molecular weight excluding hydrogens is 302 g/mol. The maximum Gasteiger partial charge on any atom is 0.251 e. The van der Waals surface area contributed by atoms with E-state index in [0.29, 0.717) is 30.1 Å². The maximum atomic E-state index is 12.0. The van der Waals surface area contributed by atoms with Gasteiger partial charge in [0.25, 0.3) is 5.91 Å². The van der Waals surface area contributed by atoms with Crippen LogP contribution in [0.15, 0.2) is 18.2 Å². The van der Waals surface area contributed by atoms with Gasteiger partial charge >= 0.3 is 0 Å². The molecule has 1 rings (SSSR count). The number of nitrogens with one attached hydrogen (secondary N) is 2. The van der Waals surface area contributed by atoms with E-state index in [1.807, 2.05) is 33.8 Å². The molecule has 22 heavy (non-hydrogen) atoms. The van der Waals surface area contributed by atoms with E-state index < -0.39 is 6.04 Å². The molecule has 0 radical (unpaired) electrons. The van der Waals surface area contributed by atoms with Gasteiger partial charge in [-0.05, 0) is 37.0 Å². The first-order chi connectivity index (χ1) is 9.85. The van der Waals surface area contributed by atoms with Crippen molar-refractivity contribution in [3.63, 3.8) is 0 Å². The zero-order valence-electron chi connectivity index (χ0n) is 13.6. The van der Waals surface area contributed by atoms with Crippen molar-refractivity contribution in [2.75, 3.05) is 11.9 Å². The number of carbonyl (C=O) groups excluding carboxylic acids is 2. The highest BCUT2D eigenvalue weighted by atomic mass is 35.5. The van der Waals surface area contributed by atoms with Gasteiger partial charge in [0, 0.05) is 17.8 Å². The van der Waals surface area contributed by atoms with Gasteiger partial charge in [-0.2, -0.15) is 0 Å². The lowest BCUT2D eigenvalue weighted by Crippen LogP contribution is -2.35. The second-order valence-corrected chi connectivity index (χ2v) is 5.64. The first-order valence-corrected chi connectivity index (χ1v) is 7.30. The van der Waals surface area contributed by atoms with E-state index in [9.17, 15) is 9.59 Å². The Labute approximate surface area is 138 Å². The summed E-state index contributed by atoms with van der Waals surface area (Å²) >= 11 is 0. The van der Waals surface area contributed by atoms with E-state index in [-0.39, 0.29) is 24.2 Å². The molecule has 0 heterocycles. The van der Waals surface area contributed by atoms with Crippen LogP contribution in [0.4, 0.5) is 5.69 Å². The Hall–Kier alpha value is -1.59. The van der Waals surface area contributed by atoms with Crippen molar-refractivity contribution in [3.05, 3.63) is 29.3 Å². The smallest absolute Gasteiger partial charge is 0.251 e. The Morgan fingerprint density at radius 2 is 1.91 bits per heavy atom. The van der Waals surface area contributed by atoms with Crippen LogP contribution in [-0.4, -0.2) is 24.4 Å². The van der Waals surface area contributed by atoms with Crippen LogP contribution in [0.3, 0.4) is 0 Å². The molecule has 0 aliphatic rings. The molecule has 0 saturated carbocycles. The number of benzene rings is 1. The lowest BCUT2D eigenvalue weighted by atomic mass is 10.1. The lowest BCUT2D eigenvalue weighted by molar-refractivity contribution is -0.117. The molecular formula is C16H26ClN3O2. The van der Waals surface area contributed by atoms with Crippen molar-refractivity contribution in [1.29, 1.82) is 0 Å². The Bertz CT molecular complexity index is 518. The monoisotopic (exact) mass is 327 g/mol. The number of amides is 2. The number of hydrogen-bond donors (Lipinski definition) is 3. The van der Waals surface area contributed by atoms with Gasteiger partial charge in [-0.3, -0.25) is 9.59 Å². The molecule has 0 aromatic heterocycles. The Balaban J connectivity index is 0.00000441. The third kappa shape index (κ3) is 6.03. The van der Waals surface area contributed by atoms with Crippen molar-refractivity contribution < 1.29 is 9.59 Å². The van der Waals surface area contributed by atoms with E-state index in [0.717, 1.165) is 5.56 Å². The first kappa shape index (κ1) is 20.4. The summed E-state index contributed by atoms with van der Waals surface area (Å²) in [5.74, 6) is 0.0143. The number of hydrogen-bond acceptors (Lipinski definition) is 3. The summed E-state index contributed by atoms with van der Waals surface area (Å²) in [6.07, 6.45) is 0.569. The predicted octanol–water partition coefficient (Wildman–Crippen LogP) is 2.48. The molecule has 1 aromatic rings. The summed E-state index contributed by atoms with van der Waals surface area (Å²) < 4.78 is 0. The first-order valence-electron chi connectivity index (χ1n) is 7.30. The van der Waals surface area contributed by atoms with Crippen LogP contribution >= 0.6 is 12.4 Å². The summed E-state index contributed by atoms with van der Waals surface area (Å²) in [5, 5.41) is 5.63. The molecule has 0 aliphatic carbocycles. The Morgan fingerprint density at radius 1 is 1.27 bits per heavy atom. The third-order valence-corrected chi connectivity index (χ3v) is 3.21. The minimum absolute atomic E-state index is 0. The van der Waals surface area contributed by atoms with Crippen LogP contribution in [0.25, 0.3) is 0 Å². The van der Waals surface area contributed by atoms with E-state index in [4.69, 9.17) is 5.73 Å². The highest BCUT2D eigenvalue weighted by Gasteiger charge is 2.14. The van der Waals surface area contributed by atoms with Gasteiger partial charge in [-0.15, -0.1) is 12.4 Å². The molecule has 2 amide bonds. The molecule has 0 spiro atoms. The fourth-order valence-electron chi connectivity index (χ4n) is 1.71. The van der Waals surface area contributed by atoms with Crippen LogP contribution in [0.5, 0.6) is 0 Å². The number of anilines is 1. The Kier molecular flexibility index (Phi) is 8.75. The quantitative estimate of drug-likeness (QED) is 0.750. The number of halogens is 1. The SMILES string of the molecule is CC[C@H](N)C(=O)Nc1cc(C(=O)NCC(C)C)ccc1C.Cl. The molecule has 124 valence electrons. The van der Waals surface area contributed by atoms with Crippen molar-refractivity contribution in [3.8, 4) is 0 Å². The van der Waals surface area contributed by atoms with E-state index in [1.165, 1.54) is 0 Å². The molecule has 0 aliphatic heterocycles. The highest BCUT2D eigenvalue weighted by Crippen LogP contribution is 2.17. The third-order valence-electron chi connectivity index (χ3n) is 3.21. The maximum absolute atomic E-state index is 12.0. The molecule has 4 N–H and O–H groups in total. The highest BCUT2D eigenvalue weighted by molar-refractivity contribution is 5.99. The average molecular weight is 328 g/mol. The van der Waals surface area contributed by atoms with Crippen LogP contribution < -0.4 is 16.4 Å². The van der Waals surface area contributed by atoms with Crippen molar-refractivity contribution in [1.82, 2.24) is 5.32 Å². The number of rotatable bonds is 6. The van der Waals surface area contributed by atoms with Gasteiger partial charge in [0.15, 0.2) is 0 Å². The summed E-state index contributed by atoms with van der Waals surface area (Å²) in [6, 6.07) is 4.71. The second-order valence-electron chi connectivity index (χ2n) is 5.64. The van der Waals surface area contributed by atoms with Gasteiger partial charge in [-0.1, -0.05) is 26.8 Å². The summed E-state index contributed by atoms with van der Waals surface area (Å²) in [5.41, 5.74) is 7.75. The van der Waals surface area contributed by atoms with Crippen molar-refractivity contribution in [2.24, 2.45) is 11.7 Å². The minimum atomic E-state index is -0.539. The molecule has 0 fully saturated rings. The van der Waals surface area contributed by atoms with Gasteiger partial charge in [0.05, 0.1) is 6.04 Å². The van der Waals surface area contributed by atoms with Gasteiger partial charge < -0.3 is 16.4 Å². The molecule has 0 unspecified atom stereocenters. The van der Waals surface area contributed by atoms with E-state index in [2.05, 4.69) is 10.6 Å². The van der Waals surface area contributed by atoms with Gasteiger partial charge in [-0.25, -0.2) is 0 Å². The standard InChI is InChI=1S/C16H25N3O2.ClH/c1-5-13(17)16(21)19-14-8-12(7-6-11(14)4)15(20)18-9-10(2)3;/h6-8,10,13H,5,9,17H2,1-4H3,(H,18,20)(H,19,21);1H/t13-;/m0./s1. The van der Waals surface area contributed by atoms with Crippen LogP contribution in [-0.2, 0) is 4.79 Å². The van der Waals surface area contributed by atoms with Crippen molar-refractivity contribution >= 4 is 29.9 Å². The summed E-state index contributed by atoms with van der Waals surface area (Å²) in [7, 11) is 0. The summed E-state index contributed by atoms with van der Waals surface area (Å²) in [4.78, 5) is 23.9. The van der Waals surface area contributed by atoms with E-state index >= 15 is 0 Å². The largest absolute Gasteiger partial charge is 0.352 e. The fraction of sp³-hybridized carbons (Fsp3) is 0.500. The normalized spacial score (nSPS) is 11.5. The van der Waals surface area contributed by atoms with Crippen LogP contribution in [0.2, 0.25) is 0 Å². The lowest BCUT2D eigenvalue weighted by Gasteiger charge is -2.14. The molecule has 1 atom stereocenters. The van der Waals surface area contributed by atoms with Gasteiger partial charge in [0.1, 0.15) is 0 Å². The second kappa shape index (κ2) is 9.43. The average Bonchev–Trinajstić information content (AvgIpc) is 2.45. The van der Waals surface area contributed by atoms with E-state index in [1.54, 1.807) is 12.1 Å². The topological polar surface area (TPSA) is 84.2 Å². The summed E-state index contributed by atoms with van der Waals surface area (Å²) in [6.45, 7) is 8.42. The zero-order chi connectivity index (χ0) is 16.0. The van der Waals surface area contributed by atoms with Crippen LogP contribution in [0.1, 0.15) is 43.1 Å².